The van der Waals surface area contributed by atoms with Gasteiger partial charge in [0.15, 0.2) is 5.78 Å². The van der Waals surface area contributed by atoms with Gasteiger partial charge in [-0.3, -0.25) is 9.59 Å². The molecule has 0 fully saturated rings. The smallest absolute Gasteiger partial charge is 0.231 e. The predicted octanol–water partition coefficient (Wildman–Crippen LogP) is 4.62. The Balaban J connectivity index is 1.63. The van der Waals surface area contributed by atoms with Crippen LogP contribution in [0.15, 0.2) is 103 Å². The van der Waals surface area contributed by atoms with Crippen LogP contribution in [0.25, 0.3) is 0 Å². The van der Waals surface area contributed by atoms with Gasteiger partial charge < -0.3 is 4.90 Å². The summed E-state index contributed by atoms with van der Waals surface area (Å²) in [5.74, 6) is -0.162. The van der Waals surface area contributed by atoms with Crippen molar-refractivity contribution in [2.24, 2.45) is 5.92 Å². The van der Waals surface area contributed by atoms with Crippen LogP contribution >= 0.6 is 0 Å². The number of amides is 1. The van der Waals surface area contributed by atoms with Crippen molar-refractivity contribution in [3.63, 3.8) is 0 Å². The third-order valence-corrected chi connectivity index (χ3v) is 5.66. The third-order valence-electron chi connectivity index (χ3n) is 5.66. The molecule has 0 radical (unpaired) electrons. The SMILES string of the molecule is O=C1C=CN(C(=O)Cc2ccccc2)C(Cc2ccccc2)C1Cc1ccccc1. The molecule has 3 nitrogen and oxygen atoms in total. The maximum absolute atomic E-state index is 13.2. The molecule has 1 heterocycles. The monoisotopic (exact) mass is 395 g/mol. The lowest BCUT2D eigenvalue weighted by atomic mass is 9.82. The minimum Gasteiger partial charge on any atom is -0.315 e. The standard InChI is InChI=1S/C27H25NO2/c29-26-16-17-28(27(30)20-23-14-8-3-9-15-23)25(19-22-12-6-2-7-13-22)24(26)18-21-10-4-1-5-11-21/h1-17,24-25H,18-20H2. The van der Waals surface area contributed by atoms with Gasteiger partial charge in [0.05, 0.1) is 12.5 Å². The van der Waals surface area contributed by atoms with Crippen LogP contribution < -0.4 is 0 Å². The maximum Gasteiger partial charge on any atom is 0.231 e. The van der Waals surface area contributed by atoms with Crippen LogP contribution in [0.1, 0.15) is 16.7 Å². The summed E-state index contributed by atoms with van der Waals surface area (Å²) < 4.78 is 0. The summed E-state index contributed by atoms with van der Waals surface area (Å²) in [7, 11) is 0. The summed E-state index contributed by atoms with van der Waals surface area (Å²) in [6, 6.07) is 29.7. The number of carbonyl (C=O) groups excluding carboxylic acids is 2. The molecule has 1 aliphatic heterocycles. The molecule has 3 aromatic carbocycles. The van der Waals surface area contributed by atoms with E-state index >= 15 is 0 Å². The van der Waals surface area contributed by atoms with Crippen molar-refractivity contribution >= 4 is 11.7 Å². The lowest BCUT2D eigenvalue weighted by Gasteiger charge is -2.37. The van der Waals surface area contributed by atoms with Gasteiger partial charge in [0, 0.05) is 12.1 Å². The molecule has 0 saturated heterocycles. The molecule has 1 aliphatic rings. The first-order valence-corrected chi connectivity index (χ1v) is 10.4. The van der Waals surface area contributed by atoms with E-state index in [0.29, 0.717) is 19.3 Å². The van der Waals surface area contributed by atoms with Crippen molar-refractivity contribution in [1.29, 1.82) is 0 Å². The highest BCUT2D eigenvalue weighted by Crippen LogP contribution is 2.27. The van der Waals surface area contributed by atoms with E-state index in [-0.39, 0.29) is 23.7 Å². The first kappa shape index (κ1) is 19.8. The van der Waals surface area contributed by atoms with E-state index in [1.165, 1.54) is 0 Å². The Morgan fingerprint density at radius 2 is 1.20 bits per heavy atom. The quantitative estimate of drug-likeness (QED) is 0.611. The molecular formula is C27H25NO2. The summed E-state index contributed by atoms with van der Waals surface area (Å²) in [5.41, 5.74) is 3.21. The van der Waals surface area contributed by atoms with Gasteiger partial charge >= 0.3 is 0 Å². The molecule has 4 rings (SSSR count). The van der Waals surface area contributed by atoms with Crippen molar-refractivity contribution in [3.05, 3.63) is 120 Å². The van der Waals surface area contributed by atoms with Crippen molar-refractivity contribution in [1.82, 2.24) is 4.90 Å². The number of allylic oxidation sites excluding steroid dienone is 1. The van der Waals surface area contributed by atoms with E-state index in [1.54, 1.807) is 17.2 Å². The minimum absolute atomic E-state index is 0.0175. The normalized spacial score (nSPS) is 18.4. The predicted molar refractivity (Wildman–Crippen MR) is 119 cm³/mol. The topological polar surface area (TPSA) is 37.4 Å². The zero-order valence-electron chi connectivity index (χ0n) is 16.9. The van der Waals surface area contributed by atoms with Crippen molar-refractivity contribution in [2.75, 3.05) is 0 Å². The summed E-state index contributed by atoms with van der Waals surface area (Å²) in [6.45, 7) is 0. The Labute approximate surface area is 177 Å². The van der Waals surface area contributed by atoms with Crippen molar-refractivity contribution in [2.45, 2.75) is 25.3 Å². The fourth-order valence-corrected chi connectivity index (χ4v) is 4.10. The Hall–Kier alpha value is -3.46. The Kier molecular flexibility index (Phi) is 6.19. The van der Waals surface area contributed by atoms with Gasteiger partial charge in [-0.2, -0.15) is 0 Å². The Morgan fingerprint density at radius 3 is 1.77 bits per heavy atom. The minimum atomic E-state index is -0.266. The van der Waals surface area contributed by atoms with Crippen LogP contribution in [0.3, 0.4) is 0 Å². The van der Waals surface area contributed by atoms with Gasteiger partial charge in [-0.1, -0.05) is 91.0 Å². The first-order valence-electron chi connectivity index (χ1n) is 10.4. The molecular weight excluding hydrogens is 370 g/mol. The second-order valence-corrected chi connectivity index (χ2v) is 7.73. The molecule has 0 bridgehead atoms. The van der Waals surface area contributed by atoms with Crippen LogP contribution in [-0.2, 0) is 28.9 Å². The van der Waals surface area contributed by atoms with E-state index in [1.807, 2.05) is 78.9 Å². The molecule has 3 heteroatoms. The lowest BCUT2D eigenvalue weighted by Crippen LogP contribution is -2.49. The molecule has 0 aliphatic carbocycles. The maximum atomic E-state index is 13.2. The summed E-state index contributed by atoms with van der Waals surface area (Å²) in [5, 5.41) is 0. The van der Waals surface area contributed by atoms with Crippen LogP contribution in [0.5, 0.6) is 0 Å². The van der Waals surface area contributed by atoms with Crippen molar-refractivity contribution < 1.29 is 9.59 Å². The number of rotatable bonds is 6. The van der Waals surface area contributed by atoms with Gasteiger partial charge in [0.1, 0.15) is 0 Å². The number of hydrogen-bond donors (Lipinski definition) is 0. The molecule has 1 amide bonds. The molecule has 30 heavy (non-hydrogen) atoms. The van der Waals surface area contributed by atoms with E-state index in [9.17, 15) is 9.59 Å². The average molecular weight is 396 g/mol. The highest BCUT2D eigenvalue weighted by Gasteiger charge is 2.36. The molecule has 0 spiro atoms. The van der Waals surface area contributed by atoms with Crippen LogP contribution in [0, 0.1) is 5.92 Å². The number of ketones is 1. The number of carbonyl (C=O) groups is 2. The molecule has 2 atom stereocenters. The first-order chi connectivity index (χ1) is 14.7. The molecule has 0 N–H and O–H groups in total. The molecule has 150 valence electrons. The van der Waals surface area contributed by atoms with Crippen molar-refractivity contribution in [3.8, 4) is 0 Å². The number of nitrogens with zero attached hydrogens (tertiary/aromatic N) is 1. The van der Waals surface area contributed by atoms with E-state index in [4.69, 9.17) is 0 Å². The Morgan fingerprint density at radius 1 is 0.700 bits per heavy atom. The van der Waals surface area contributed by atoms with Crippen LogP contribution in [0.4, 0.5) is 0 Å². The zero-order chi connectivity index (χ0) is 20.8. The second kappa shape index (κ2) is 9.36. The van der Waals surface area contributed by atoms with Gasteiger partial charge in [0.2, 0.25) is 5.91 Å². The van der Waals surface area contributed by atoms with Gasteiger partial charge in [-0.25, -0.2) is 0 Å². The fraction of sp³-hybridized carbons (Fsp3) is 0.185. The molecule has 0 aromatic heterocycles. The number of hydrogen-bond acceptors (Lipinski definition) is 2. The van der Waals surface area contributed by atoms with Gasteiger partial charge in [-0.15, -0.1) is 0 Å². The molecule has 3 aromatic rings. The average Bonchev–Trinajstić information content (AvgIpc) is 2.78. The highest BCUT2D eigenvalue weighted by molar-refractivity contribution is 5.95. The molecule has 2 unspecified atom stereocenters. The number of benzene rings is 3. The fourth-order valence-electron chi connectivity index (χ4n) is 4.10. The van der Waals surface area contributed by atoms with E-state index in [0.717, 1.165) is 16.7 Å². The van der Waals surface area contributed by atoms with Gasteiger partial charge in [-0.05, 0) is 35.6 Å². The van der Waals surface area contributed by atoms with Gasteiger partial charge in [0.25, 0.3) is 0 Å². The highest BCUT2D eigenvalue weighted by atomic mass is 16.2. The summed E-state index contributed by atoms with van der Waals surface area (Å²) >= 11 is 0. The zero-order valence-corrected chi connectivity index (χ0v) is 16.9. The second-order valence-electron chi connectivity index (χ2n) is 7.73. The van der Waals surface area contributed by atoms with E-state index < -0.39 is 0 Å². The molecule has 0 saturated carbocycles. The largest absolute Gasteiger partial charge is 0.315 e. The third kappa shape index (κ3) is 4.74. The summed E-state index contributed by atoms with van der Waals surface area (Å²) in [4.78, 5) is 27.9. The Bertz CT molecular complexity index is 1010. The lowest BCUT2D eigenvalue weighted by molar-refractivity contribution is -0.133. The van der Waals surface area contributed by atoms with Crippen LogP contribution in [0.2, 0.25) is 0 Å². The van der Waals surface area contributed by atoms with Crippen LogP contribution in [-0.4, -0.2) is 22.6 Å². The van der Waals surface area contributed by atoms with E-state index in [2.05, 4.69) is 12.1 Å². The summed E-state index contributed by atoms with van der Waals surface area (Å²) in [6.07, 6.45) is 4.84.